The summed E-state index contributed by atoms with van der Waals surface area (Å²) in [6, 6.07) is 0.403. The van der Waals surface area contributed by atoms with Crippen molar-refractivity contribution in [3.8, 4) is 0 Å². The molecule has 0 saturated heterocycles. The van der Waals surface area contributed by atoms with Crippen molar-refractivity contribution in [1.29, 1.82) is 0 Å². The zero-order chi connectivity index (χ0) is 12.8. The monoisotopic (exact) mass is 267 g/mol. The predicted octanol–water partition coefficient (Wildman–Crippen LogP) is 4.04. The van der Waals surface area contributed by atoms with Gasteiger partial charge in [-0.1, -0.05) is 44.4 Å². The summed E-state index contributed by atoms with van der Waals surface area (Å²) in [6.07, 6.45) is 9.03. The van der Waals surface area contributed by atoms with E-state index in [-0.39, 0.29) is 0 Å². The summed E-state index contributed by atoms with van der Waals surface area (Å²) in [6.45, 7) is 5.49. The van der Waals surface area contributed by atoms with Crippen LogP contribution in [-0.4, -0.2) is 16.7 Å². The van der Waals surface area contributed by atoms with E-state index in [4.69, 9.17) is 0 Å². The Morgan fingerprint density at radius 1 is 1.22 bits per heavy atom. The van der Waals surface area contributed by atoms with Crippen molar-refractivity contribution in [2.45, 2.75) is 70.8 Å². The minimum atomic E-state index is 0.403. The molecule has 4 heteroatoms. The van der Waals surface area contributed by atoms with E-state index in [9.17, 15) is 0 Å². The summed E-state index contributed by atoms with van der Waals surface area (Å²) >= 11 is 1.84. The van der Waals surface area contributed by atoms with Crippen molar-refractivity contribution in [2.24, 2.45) is 0 Å². The largest absolute Gasteiger partial charge is 0.308 e. The Labute approximate surface area is 114 Å². The molecule has 0 aromatic carbocycles. The molecule has 1 aromatic heterocycles. The molecule has 1 aliphatic carbocycles. The fourth-order valence-corrected chi connectivity index (χ4v) is 3.80. The standard InChI is InChI=1S/C14H25N3S/c1-3-10-15-12(4-2)14-17-16-13(18-14)11-8-6-5-7-9-11/h11-12,15H,3-10H2,1-2H3. The quantitative estimate of drug-likeness (QED) is 0.845. The number of hydrogen-bond acceptors (Lipinski definition) is 4. The number of hydrogen-bond donors (Lipinski definition) is 1. The molecule has 0 radical (unpaired) electrons. The van der Waals surface area contributed by atoms with Crippen molar-refractivity contribution < 1.29 is 0 Å². The second kappa shape index (κ2) is 7.19. The predicted molar refractivity (Wildman–Crippen MR) is 77.1 cm³/mol. The van der Waals surface area contributed by atoms with E-state index in [1.165, 1.54) is 48.5 Å². The van der Waals surface area contributed by atoms with E-state index in [1.54, 1.807) is 0 Å². The number of rotatable bonds is 6. The van der Waals surface area contributed by atoms with Gasteiger partial charge in [0.2, 0.25) is 0 Å². The Morgan fingerprint density at radius 2 is 2.00 bits per heavy atom. The third kappa shape index (κ3) is 3.51. The normalized spacial score (nSPS) is 19.0. The minimum Gasteiger partial charge on any atom is -0.308 e. The molecule has 1 aliphatic rings. The maximum Gasteiger partial charge on any atom is 0.134 e. The Balaban J connectivity index is 1.98. The molecule has 0 spiro atoms. The van der Waals surface area contributed by atoms with Gasteiger partial charge in [0.25, 0.3) is 0 Å². The molecule has 1 fully saturated rings. The first-order chi connectivity index (χ1) is 8.85. The molecule has 0 aliphatic heterocycles. The third-order valence-electron chi connectivity index (χ3n) is 3.76. The molecular formula is C14H25N3S. The number of nitrogens with one attached hydrogen (secondary N) is 1. The van der Waals surface area contributed by atoms with E-state index >= 15 is 0 Å². The third-order valence-corrected chi connectivity index (χ3v) is 4.96. The maximum atomic E-state index is 4.45. The molecule has 1 N–H and O–H groups in total. The van der Waals surface area contributed by atoms with E-state index in [0.717, 1.165) is 13.0 Å². The first-order valence-corrected chi connectivity index (χ1v) is 8.23. The fourth-order valence-electron chi connectivity index (χ4n) is 2.63. The Hall–Kier alpha value is -0.480. The lowest BCUT2D eigenvalue weighted by molar-refractivity contribution is 0.440. The van der Waals surface area contributed by atoms with Gasteiger partial charge in [-0.05, 0) is 32.2 Å². The van der Waals surface area contributed by atoms with Crippen LogP contribution in [0.25, 0.3) is 0 Å². The Morgan fingerprint density at radius 3 is 2.67 bits per heavy atom. The van der Waals surface area contributed by atoms with Crippen LogP contribution in [-0.2, 0) is 0 Å². The minimum absolute atomic E-state index is 0.403. The molecule has 1 saturated carbocycles. The molecule has 3 nitrogen and oxygen atoms in total. The van der Waals surface area contributed by atoms with Gasteiger partial charge in [0.1, 0.15) is 10.0 Å². The summed E-state index contributed by atoms with van der Waals surface area (Å²) in [5, 5.41) is 14.9. The van der Waals surface area contributed by atoms with Crippen LogP contribution in [0, 0.1) is 0 Å². The van der Waals surface area contributed by atoms with Crippen molar-refractivity contribution in [3.05, 3.63) is 10.0 Å². The van der Waals surface area contributed by atoms with Crippen LogP contribution in [0.2, 0.25) is 0 Å². The SMILES string of the molecule is CCCNC(CC)c1nnc(C2CCCCC2)s1. The van der Waals surface area contributed by atoms with Gasteiger partial charge in [0.05, 0.1) is 6.04 Å². The zero-order valence-electron chi connectivity index (χ0n) is 11.6. The molecule has 1 heterocycles. The van der Waals surface area contributed by atoms with Crippen molar-refractivity contribution in [1.82, 2.24) is 15.5 Å². The lowest BCUT2D eigenvalue weighted by atomic mass is 9.90. The van der Waals surface area contributed by atoms with E-state index in [2.05, 4.69) is 29.4 Å². The highest BCUT2D eigenvalue weighted by molar-refractivity contribution is 7.11. The molecule has 0 amide bonds. The van der Waals surface area contributed by atoms with Crippen molar-refractivity contribution in [2.75, 3.05) is 6.54 Å². The van der Waals surface area contributed by atoms with Crippen LogP contribution in [0.3, 0.4) is 0 Å². The Kier molecular flexibility index (Phi) is 5.57. The van der Waals surface area contributed by atoms with Crippen LogP contribution in [0.1, 0.15) is 80.8 Å². The molecule has 18 heavy (non-hydrogen) atoms. The lowest BCUT2D eigenvalue weighted by Crippen LogP contribution is -2.21. The summed E-state index contributed by atoms with van der Waals surface area (Å²) in [5.41, 5.74) is 0. The topological polar surface area (TPSA) is 37.8 Å². The number of nitrogens with zero attached hydrogens (tertiary/aromatic N) is 2. The second-order valence-corrected chi connectivity index (χ2v) is 6.27. The molecule has 0 bridgehead atoms. The average Bonchev–Trinajstić information content (AvgIpc) is 2.90. The van der Waals surface area contributed by atoms with Crippen LogP contribution < -0.4 is 5.32 Å². The first kappa shape index (κ1) is 13.9. The molecule has 2 rings (SSSR count). The fraction of sp³-hybridized carbons (Fsp3) is 0.857. The summed E-state index contributed by atoms with van der Waals surface area (Å²) in [5.74, 6) is 0.689. The maximum absolute atomic E-state index is 4.45. The van der Waals surface area contributed by atoms with Crippen molar-refractivity contribution >= 4 is 11.3 Å². The van der Waals surface area contributed by atoms with Gasteiger partial charge in [-0.15, -0.1) is 10.2 Å². The second-order valence-electron chi connectivity index (χ2n) is 5.23. The van der Waals surface area contributed by atoms with Crippen LogP contribution in [0.4, 0.5) is 0 Å². The smallest absolute Gasteiger partial charge is 0.134 e. The highest BCUT2D eigenvalue weighted by atomic mass is 32.1. The van der Waals surface area contributed by atoms with E-state index in [0.29, 0.717) is 12.0 Å². The average molecular weight is 267 g/mol. The van der Waals surface area contributed by atoms with Gasteiger partial charge in [0.15, 0.2) is 0 Å². The highest BCUT2D eigenvalue weighted by Crippen LogP contribution is 2.35. The lowest BCUT2D eigenvalue weighted by Gasteiger charge is -2.18. The van der Waals surface area contributed by atoms with Gasteiger partial charge >= 0.3 is 0 Å². The van der Waals surface area contributed by atoms with Crippen LogP contribution in [0.15, 0.2) is 0 Å². The van der Waals surface area contributed by atoms with Gasteiger partial charge in [-0.3, -0.25) is 0 Å². The molecular weight excluding hydrogens is 242 g/mol. The van der Waals surface area contributed by atoms with E-state index < -0.39 is 0 Å². The van der Waals surface area contributed by atoms with Crippen molar-refractivity contribution in [3.63, 3.8) is 0 Å². The van der Waals surface area contributed by atoms with Gasteiger partial charge < -0.3 is 5.32 Å². The molecule has 1 atom stereocenters. The van der Waals surface area contributed by atoms with Crippen LogP contribution in [0.5, 0.6) is 0 Å². The summed E-state index contributed by atoms with van der Waals surface area (Å²) < 4.78 is 0. The van der Waals surface area contributed by atoms with Gasteiger partial charge in [-0.2, -0.15) is 0 Å². The van der Waals surface area contributed by atoms with Gasteiger partial charge in [0, 0.05) is 5.92 Å². The molecule has 1 aromatic rings. The summed E-state index contributed by atoms with van der Waals surface area (Å²) in [4.78, 5) is 0. The van der Waals surface area contributed by atoms with E-state index in [1.807, 2.05) is 11.3 Å². The zero-order valence-corrected chi connectivity index (χ0v) is 12.4. The Bertz CT molecular complexity index is 345. The summed E-state index contributed by atoms with van der Waals surface area (Å²) in [7, 11) is 0. The van der Waals surface area contributed by atoms with Crippen LogP contribution >= 0.6 is 11.3 Å². The molecule has 1 unspecified atom stereocenters. The number of aromatic nitrogens is 2. The molecule has 102 valence electrons. The highest BCUT2D eigenvalue weighted by Gasteiger charge is 2.21. The first-order valence-electron chi connectivity index (χ1n) is 7.41. The van der Waals surface area contributed by atoms with Gasteiger partial charge in [-0.25, -0.2) is 0 Å².